The van der Waals surface area contributed by atoms with E-state index in [1.165, 1.54) is 23.5 Å². The number of nitrogens with two attached hydrogens (primary N) is 1. The number of thiazole rings is 1. The smallest absolute Gasteiger partial charge is 0.337 e. The Morgan fingerprint density at radius 2 is 2.19 bits per heavy atom. The van der Waals surface area contributed by atoms with Gasteiger partial charge in [-0.3, -0.25) is 0 Å². The molecule has 4 N–H and O–H groups in total. The Balaban J connectivity index is 2.17. The molecular weight excluding hydrogens is 314 g/mol. The molecule has 0 spiro atoms. The molecule has 112 valence electrons. The van der Waals surface area contributed by atoms with Gasteiger partial charge in [0.25, 0.3) is 0 Å². The number of carbonyl (C=O) groups is 1. The van der Waals surface area contributed by atoms with Gasteiger partial charge >= 0.3 is 5.97 Å². The normalized spacial score (nSPS) is 11.4. The predicted octanol–water partition coefficient (Wildman–Crippen LogP) is 0.944. The summed E-state index contributed by atoms with van der Waals surface area (Å²) in [5, 5.41) is 11.7. The van der Waals surface area contributed by atoms with Crippen LogP contribution >= 0.6 is 11.3 Å². The minimum Gasteiger partial charge on any atom is -0.478 e. The van der Waals surface area contributed by atoms with E-state index in [0.29, 0.717) is 6.42 Å². The Labute approximate surface area is 125 Å². The summed E-state index contributed by atoms with van der Waals surface area (Å²) in [5.41, 5.74) is 5.33. The van der Waals surface area contributed by atoms with Crippen molar-refractivity contribution in [1.29, 1.82) is 0 Å². The SMILES string of the molecule is Nc1ccc(S(=O)(=O)NCCc2nccs2)c(C(=O)O)c1. The second-order valence-corrected chi connectivity index (χ2v) is 6.85. The van der Waals surface area contributed by atoms with Crippen LogP contribution in [0, 0.1) is 0 Å². The Hall–Kier alpha value is -1.97. The van der Waals surface area contributed by atoms with Gasteiger partial charge < -0.3 is 10.8 Å². The molecule has 0 amide bonds. The number of carboxylic acids is 1. The third kappa shape index (κ3) is 3.78. The fourth-order valence-electron chi connectivity index (χ4n) is 1.70. The summed E-state index contributed by atoms with van der Waals surface area (Å²) >= 11 is 1.42. The Morgan fingerprint density at radius 1 is 1.43 bits per heavy atom. The molecule has 0 aliphatic heterocycles. The predicted molar refractivity (Wildman–Crippen MR) is 78.8 cm³/mol. The molecule has 1 aromatic heterocycles. The minimum absolute atomic E-state index is 0.138. The number of hydrogen-bond donors (Lipinski definition) is 3. The number of hydrogen-bond acceptors (Lipinski definition) is 6. The molecule has 1 aromatic carbocycles. The van der Waals surface area contributed by atoms with Gasteiger partial charge in [0, 0.05) is 30.2 Å². The van der Waals surface area contributed by atoms with Gasteiger partial charge in [-0.2, -0.15) is 0 Å². The number of rotatable bonds is 6. The van der Waals surface area contributed by atoms with E-state index in [1.807, 2.05) is 0 Å². The maximum atomic E-state index is 12.2. The molecule has 0 atom stereocenters. The molecule has 21 heavy (non-hydrogen) atoms. The van der Waals surface area contributed by atoms with Gasteiger partial charge in [0.15, 0.2) is 0 Å². The van der Waals surface area contributed by atoms with Gasteiger partial charge in [0.1, 0.15) is 0 Å². The van der Waals surface area contributed by atoms with E-state index in [0.717, 1.165) is 11.1 Å². The zero-order valence-corrected chi connectivity index (χ0v) is 12.4. The van der Waals surface area contributed by atoms with E-state index in [-0.39, 0.29) is 22.7 Å². The highest BCUT2D eigenvalue weighted by Gasteiger charge is 2.22. The van der Waals surface area contributed by atoms with Crippen LogP contribution in [-0.4, -0.2) is 31.0 Å². The summed E-state index contributed by atoms with van der Waals surface area (Å²) in [7, 11) is -3.92. The van der Waals surface area contributed by atoms with Crippen molar-refractivity contribution in [1.82, 2.24) is 9.71 Å². The highest BCUT2D eigenvalue weighted by Crippen LogP contribution is 2.19. The number of carboxylic acid groups (broad SMARTS) is 1. The largest absolute Gasteiger partial charge is 0.478 e. The molecular formula is C12H13N3O4S2. The average molecular weight is 327 g/mol. The Bertz CT molecular complexity index is 742. The molecule has 0 bridgehead atoms. The topological polar surface area (TPSA) is 122 Å². The summed E-state index contributed by atoms with van der Waals surface area (Å²) in [4.78, 5) is 14.9. The molecule has 9 heteroatoms. The Morgan fingerprint density at radius 3 is 2.81 bits per heavy atom. The first-order valence-corrected chi connectivity index (χ1v) is 8.27. The second-order valence-electron chi connectivity index (χ2n) is 4.13. The number of nitrogens with one attached hydrogen (secondary N) is 1. The van der Waals surface area contributed by atoms with E-state index in [9.17, 15) is 13.2 Å². The van der Waals surface area contributed by atoms with Gasteiger partial charge in [-0.15, -0.1) is 11.3 Å². The zero-order valence-electron chi connectivity index (χ0n) is 10.8. The quantitative estimate of drug-likeness (QED) is 0.679. The third-order valence-electron chi connectivity index (χ3n) is 2.64. The maximum Gasteiger partial charge on any atom is 0.337 e. The van der Waals surface area contributed by atoms with Crippen molar-refractivity contribution in [2.45, 2.75) is 11.3 Å². The molecule has 0 saturated carbocycles. The number of nitrogen functional groups attached to an aromatic ring is 1. The standard InChI is InChI=1S/C12H13N3O4S2/c13-8-1-2-10(9(7-8)12(16)17)21(18,19)15-4-3-11-14-5-6-20-11/h1-2,5-7,15H,3-4,13H2,(H,16,17). The number of aromatic nitrogens is 1. The van der Waals surface area contributed by atoms with Crippen molar-refractivity contribution in [2.75, 3.05) is 12.3 Å². The van der Waals surface area contributed by atoms with Crippen LogP contribution in [0.4, 0.5) is 5.69 Å². The molecule has 0 radical (unpaired) electrons. The van der Waals surface area contributed by atoms with E-state index in [1.54, 1.807) is 11.6 Å². The van der Waals surface area contributed by atoms with Crippen LogP contribution in [0.2, 0.25) is 0 Å². The molecule has 0 aliphatic rings. The third-order valence-corrected chi connectivity index (χ3v) is 5.00. The maximum absolute atomic E-state index is 12.2. The molecule has 7 nitrogen and oxygen atoms in total. The van der Waals surface area contributed by atoms with Crippen molar-refractivity contribution in [3.63, 3.8) is 0 Å². The second kappa shape index (κ2) is 6.20. The van der Waals surface area contributed by atoms with Crippen LogP contribution in [0.15, 0.2) is 34.7 Å². The van der Waals surface area contributed by atoms with Crippen LogP contribution in [0.1, 0.15) is 15.4 Å². The van der Waals surface area contributed by atoms with Crippen molar-refractivity contribution < 1.29 is 18.3 Å². The molecule has 1 heterocycles. The number of anilines is 1. The number of sulfonamides is 1. The first-order valence-electron chi connectivity index (χ1n) is 5.91. The lowest BCUT2D eigenvalue weighted by molar-refractivity contribution is 0.0692. The van der Waals surface area contributed by atoms with Crippen molar-refractivity contribution >= 4 is 33.0 Å². The first-order chi connectivity index (χ1) is 9.90. The fraction of sp³-hybridized carbons (Fsp3) is 0.167. The highest BCUT2D eigenvalue weighted by atomic mass is 32.2. The number of benzene rings is 1. The number of aromatic carboxylic acids is 1. The molecule has 0 fully saturated rings. The summed E-state index contributed by atoms with van der Waals surface area (Å²) in [6.07, 6.45) is 2.07. The summed E-state index contributed by atoms with van der Waals surface area (Å²) < 4.78 is 26.7. The van der Waals surface area contributed by atoms with Crippen molar-refractivity contribution in [3.05, 3.63) is 40.3 Å². The van der Waals surface area contributed by atoms with Gasteiger partial charge in [0.2, 0.25) is 10.0 Å². The average Bonchev–Trinajstić information content (AvgIpc) is 2.91. The van der Waals surface area contributed by atoms with E-state index >= 15 is 0 Å². The lowest BCUT2D eigenvalue weighted by Crippen LogP contribution is -2.27. The monoisotopic (exact) mass is 327 g/mol. The molecule has 2 aromatic rings. The van der Waals surface area contributed by atoms with Crippen molar-refractivity contribution in [2.24, 2.45) is 0 Å². The molecule has 0 saturated heterocycles. The van der Waals surface area contributed by atoms with Crippen LogP contribution in [-0.2, 0) is 16.4 Å². The van der Waals surface area contributed by atoms with Crippen LogP contribution < -0.4 is 10.5 Å². The van der Waals surface area contributed by atoms with E-state index in [2.05, 4.69) is 9.71 Å². The van der Waals surface area contributed by atoms with E-state index < -0.39 is 16.0 Å². The zero-order chi connectivity index (χ0) is 15.5. The number of nitrogens with zero attached hydrogens (tertiary/aromatic N) is 1. The summed E-state index contributed by atoms with van der Waals surface area (Å²) in [5.74, 6) is -1.34. The molecule has 0 unspecified atom stereocenters. The van der Waals surface area contributed by atoms with E-state index in [4.69, 9.17) is 10.8 Å². The lowest BCUT2D eigenvalue weighted by atomic mass is 10.2. The summed E-state index contributed by atoms with van der Waals surface area (Å²) in [6, 6.07) is 3.66. The highest BCUT2D eigenvalue weighted by molar-refractivity contribution is 7.89. The van der Waals surface area contributed by atoms with Crippen LogP contribution in [0.3, 0.4) is 0 Å². The van der Waals surface area contributed by atoms with Gasteiger partial charge in [-0.1, -0.05) is 0 Å². The van der Waals surface area contributed by atoms with Gasteiger partial charge in [0.05, 0.1) is 15.5 Å². The fourth-order valence-corrected chi connectivity index (χ4v) is 3.53. The van der Waals surface area contributed by atoms with Crippen molar-refractivity contribution in [3.8, 4) is 0 Å². The molecule has 0 aliphatic carbocycles. The summed E-state index contributed by atoms with van der Waals surface area (Å²) in [6.45, 7) is 0.138. The first kappa shape index (κ1) is 15.4. The van der Waals surface area contributed by atoms with Crippen LogP contribution in [0.25, 0.3) is 0 Å². The molecule has 2 rings (SSSR count). The lowest BCUT2D eigenvalue weighted by Gasteiger charge is -2.09. The van der Waals surface area contributed by atoms with Crippen LogP contribution in [0.5, 0.6) is 0 Å². The minimum atomic E-state index is -3.92. The Kier molecular flexibility index (Phi) is 4.56. The van der Waals surface area contributed by atoms with Gasteiger partial charge in [-0.25, -0.2) is 22.9 Å². The van der Waals surface area contributed by atoms with Gasteiger partial charge in [-0.05, 0) is 18.2 Å².